The number of hydrogen-bond acceptors (Lipinski definition) is 3. The van der Waals surface area contributed by atoms with E-state index in [1.165, 1.54) is 0 Å². The molecule has 3 aromatic rings. The van der Waals surface area contributed by atoms with Crippen molar-refractivity contribution >= 4 is 41.1 Å². The van der Waals surface area contributed by atoms with Crippen molar-refractivity contribution in [3.8, 4) is 16.9 Å². The first-order valence-electron chi connectivity index (χ1n) is 10.4. The molecule has 7 nitrogen and oxygen atoms in total. The van der Waals surface area contributed by atoms with E-state index in [0.29, 0.717) is 28.2 Å². The number of nitrogens with zero attached hydrogens (tertiary/aromatic N) is 3. The van der Waals surface area contributed by atoms with E-state index >= 15 is 0 Å². The number of anilines is 1. The number of amides is 3. The molecule has 0 aliphatic heterocycles. The van der Waals surface area contributed by atoms with Crippen molar-refractivity contribution in [3.05, 3.63) is 64.8 Å². The van der Waals surface area contributed by atoms with Crippen LogP contribution in [0.4, 0.5) is 10.7 Å². The summed E-state index contributed by atoms with van der Waals surface area (Å²) in [5.74, 6) is 0.0218. The van der Waals surface area contributed by atoms with Gasteiger partial charge in [-0.1, -0.05) is 41.4 Å². The van der Waals surface area contributed by atoms with Crippen LogP contribution >= 0.6 is 23.2 Å². The van der Waals surface area contributed by atoms with E-state index in [1.54, 1.807) is 33.7 Å². The Bertz CT molecular complexity index is 1130. The molecule has 1 fully saturated rings. The number of rotatable bonds is 7. The molecular formula is C23H23Cl2N5O2. The number of halogens is 2. The molecule has 0 spiro atoms. The summed E-state index contributed by atoms with van der Waals surface area (Å²) >= 11 is 12.2. The van der Waals surface area contributed by atoms with Crippen molar-refractivity contribution in [2.24, 2.45) is 0 Å². The molecule has 0 saturated heterocycles. The Morgan fingerprint density at radius 1 is 1.12 bits per heavy atom. The van der Waals surface area contributed by atoms with E-state index in [-0.39, 0.29) is 24.5 Å². The van der Waals surface area contributed by atoms with Gasteiger partial charge in [0.15, 0.2) is 0 Å². The summed E-state index contributed by atoms with van der Waals surface area (Å²) < 4.78 is 1.77. The van der Waals surface area contributed by atoms with Gasteiger partial charge in [-0.25, -0.2) is 9.78 Å². The fourth-order valence-corrected chi connectivity index (χ4v) is 3.69. The summed E-state index contributed by atoms with van der Waals surface area (Å²) in [7, 11) is 0. The highest BCUT2D eigenvalue weighted by atomic mass is 35.5. The van der Waals surface area contributed by atoms with Gasteiger partial charge < -0.3 is 10.2 Å². The summed E-state index contributed by atoms with van der Waals surface area (Å²) in [6.45, 7) is 2.31. The standard InChI is InChI=1S/C23H23Cl2N5O2/c1-2-26-23(32)30(18-10-11-18)14-21(31)28-22-27-20(15-6-8-16(24)9-7-15)13-29(22)19-5-3-4-17(25)12-19/h3-9,12-13,18H,2,10-11,14H2,1H3,(H,26,32)(H,27,28,31). The van der Waals surface area contributed by atoms with Crippen molar-refractivity contribution in [3.63, 3.8) is 0 Å². The lowest BCUT2D eigenvalue weighted by Gasteiger charge is -2.21. The molecule has 2 aromatic carbocycles. The van der Waals surface area contributed by atoms with Crippen LogP contribution in [0.3, 0.4) is 0 Å². The molecule has 0 unspecified atom stereocenters. The first-order chi connectivity index (χ1) is 15.4. The van der Waals surface area contributed by atoms with Gasteiger partial charge in [0, 0.05) is 40.1 Å². The highest BCUT2D eigenvalue weighted by Gasteiger charge is 2.34. The second-order valence-corrected chi connectivity index (χ2v) is 8.42. The largest absolute Gasteiger partial charge is 0.338 e. The molecule has 0 radical (unpaired) electrons. The number of urea groups is 1. The van der Waals surface area contributed by atoms with Crippen LogP contribution in [-0.4, -0.2) is 45.5 Å². The number of benzene rings is 2. The minimum absolute atomic E-state index is 0.0464. The third-order valence-corrected chi connectivity index (χ3v) is 5.56. The van der Waals surface area contributed by atoms with Gasteiger partial charge in [-0.05, 0) is 50.1 Å². The van der Waals surface area contributed by atoms with Crippen LogP contribution in [-0.2, 0) is 4.79 Å². The van der Waals surface area contributed by atoms with Crippen LogP contribution in [0.15, 0.2) is 54.7 Å². The van der Waals surface area contributed by atoms with Gasteiger partial charge in [0.25, 0.3) is 0 Å². The molecule has 3 amide bonds. The molecular weight excluding hydrogens is 449 g/mol. The Kier molecular flexibility index (Phi) is 6.67. The van der Waals surface area contributed by atoms with Gasteiger partial charge in [-0.15, -0.1) is 0 Å². The zero-order valence-electron chi connectivity index (χ0n) is 17.5. The van der Waals surface area contributed by atoms with Gasteiger partial charge in [-0.3, -0.25) is 14.7 Å². The number of aromatic nitrogens is 2. The Labute approximate surface area is 196 Å². The predicted molar refractivity (Wildman–Crippen MR) is 126 cm³/mol. The Balaban J connectivity index is 1.62. The quantitative estimate of drug-likeness (QED) is 0.509. The van der Waals surface area contributed by atoms with E-state index in [0.717, 1.165) is 24.1 Å². The molecule has 1 saturated carbocycles. The summed E-state index contributed by atoms with van der Waals surface area (Å²) in [4.78, 5) is 31.4. The highest BCUT2D eigenvalue weighted by molar-refractivity contribution is 6.31. The van der Waals surface area contributed by atoms with Crippen molar-refractivity contribution < 1.29 is 9.59 Å². The smallest absolute Gasteiger partial charge is 0.318 e. The highest BCUT2D eigenvalue weighted by Crippen LogP contribution is 2.28. The second-order valence-electron chi connectivity index (χ2n) is 7.55. The van der Waals surface area contributed by atoms with Crippen LogP contribution in [0.1, 0.15) is 19.8 Å². The number of hydrogen-bond donors (Lipinski definition) is 2. The SMILES string of the molecule is CCNC(=O)N(CC(=O)Nc1nc(-c2ccc(Cl)cc2)cn1-c1cccc(Cl)c1)C1CC1. The number of imidazole rings is 1. The van der Waals surface area contributed by atoms with Crippen molar-refractivity contribution in [1.82, 2.24) is 19.8 Å². The van der Waals surface area contributed by atoms with Gasteiger partial charge in [0.05, 0.1) is 5.69 Å². The average molecular weight is 472 g/mol. The Hall–Kier alpha value is -3.03. The third-order valence-electron chi connectivity index (χ3n) is 5.07. The van der Waals surface area contributed by atoms with E-state index in [4.69, 9.17) is 23.2 Å². The molecule has 4 rings (SSSR count). The summed E-state index contributed by atoms with van der Waals surface area (Å²) in [5.41, 5.74) is 2.27. The molecule has 1 heterocycles. The van der Waals surface area contributed by atoms with Crippen molar-refractivity contribution in [2.75, 3.05) is 18.4 Å². The molecule has 0 bridgehead atoms. The minimum Gasteiger partial charge on any atom is -0.338 e. The maximum Gasteiger partial charge on any atom is 0.318 e. The predicted octanol–water partition coefficient (Wildman–Crippen LogP) is 4.98. The van der Waals surface area contributed by atoms with E-state index < -0.39 is 0 Å². The van der Waals surface area contributed by atoms with E-state index in [1.807, 2.05) is 37.4 Å². The summed E-state index contributed by atoms with van der Waals surface area (Å²) in [6.07, 6.45) is 3.64. The number of carbonyl (C=O) groups is 2. The fraction of sp³-hybridized carbons (Fsp3) is 0.261. The first kappa shape index (κ1) is 22.2. The average Bonchev–Trinajstić information content (AvgIpc) is 3.52. The second kappa shape index (κ2) is 9.63. The Morgan fingerprint density at radius 2 is 1.88 bits per heavy atom. The molecule has 32 heavy (non-hydrogen) atoms. The molecule has 1 aliphatic carbocycles. The summed E-state index contributed by atoms with van der Waals surface area (Å²) in [5, 5.41) is 6.83. The lowest BCUT2D eigenvalue weighted by molar-refractivity contribution is -0.116. The van der Waals surface area contributed by atoms with E-state index in [2.05, 4.69) is 15.6 Å². The van der Waals surface area contributed by atoms with Crippen LogP contribution in [0.25, 0.3) is 16.9 Å². The minimum atomic E-state index is -0.320. The lowest BCUT2D eigenvalue weighted by Crippen LogP contribution is -2.45. The monoisotopic (exact) mass is 471 g/mol. The molecule has 166 valence electrons. The maximum atomic E-state index is 12.9. The van der Waals surface area contributed by atoms with E-state index in [9.17, 15) is 9.59 Å². The van der Waals surface area contributed by atoms with Crippen LogP contribution in [0.5, 0.6) is 0 Å². The number of carbonyl (C=O) groups excluding carboxylic acids is 2. The number of nitrogens with one attached hydrogen (secondary N) is 2. The van der Waals surface area contributed by atoms with Gasteiger partial charge >= 0.3 is 6.03 Å². The van der Waals surface area contributed by atoms with Crippen LogP contribution in [0.2, 0.25) is 10.0 Å². The van der Waals surface area contributed by atoms with Crippen molar-refractivity contribution in [2.45, 2.75) is 25.8 Å². The first-order valence-corrected chi connectivity index (χ1v) is 11.2. The molecule has 1 aliphatic rings. The molecule has 9 heteroatoms. The third kappa shape index (κ3) is 5.23. The lowest BCUT2D eigenvalue weighted by atomic mass is 10.2. The summed E-state index contributed by atoms with van der Waals surface area (Å²) in [6, 6.07) is 14.4. The molecule has 0 atom stereocenters. The zero-order chi connectivity index (χ0) is 22.7. The van der Waals surface area contributed by atoms with Crippen LogP contribution in [0, 0.1) is 0 Å². The van der Waals surface area contributed by atoms with Crippen LogP contribution < -0.4 is 10.6 Å². The van der Waals surface area contributed by atoms with Gasteiger partial charge in [-0.2, -0.15) is 0 Å². The normalized spacial score (nSPS) is 13.0. The zero-order valence-corrected chi connectivity index (χ0v) is 19.0. The topological polar surface area (TPSA) is 79.3 Å². The maximum absolute atomic E-state index is 12.9. The Morgan fingerprint density at radius 3 is 2.53 bits per heavy atom. The molecule has 1 aromatic heterocycles. The fourth-order valence-electron chi connectivity index (χ4n) is 3.38. The molecule has 2 N–H and O–H groups in total. The van der Waals surface area contributed by atoms with Gasteiger partial charge in [0.2, 0.25) is 11.9 Å². The van der Waals surface area contributed by atoms with Gasteiger partial charge in [0.1, 0.15) is 6.54 Å². The van der Waals surface area contributed by atoms with Crippen molar-refractivity contribution in [1.29, 1.82) is 0 Å².